The van der Waals surface area contributed by atoms with E-state index in [-0.39, 0.29) is 16.1 Å². The molecule has 7 aromatic heterocycles. The third kappa shape index (κ3) is 2.26. The number of nitrogens with zero attached hydrogens (tertiary/aromatic N) is 11. The van der Waals surface area contributed by atoms with Gasteiger partial charge in [0.05, 0.1) is 33.0 Å². The molecule has 17 nitrogen and oxygen atoms in total. The first-order valence-corrected chi connectivity index (χ1v) is 14.4. The average molecular weight is 568 g/mol. The predicted molar refractivity (Wildman–Crippen MR) is 139 cm³/mol. The summed E-state index contributed by atoms with van der Waals surface area (Å²) in [5.41, 5.74) is 1.32. The van der Waals surface area contributed by atoms with E-state index >= 15 is 0 Å². The average Bonchev–Trinajstić information content (AvgIpc) is 3.85. The quantitative estimate of drug-likeness (QED) is 0.218. The lowest BCUT2D eigenvalue weighted by Gasteiger charge is -2.70. The lowest BCUT2D eigenvalue weighted by molar-refractivity contribution is 0.398. The molecule has 4 N–H and O–H groups in total. The van der Waals surface area contributed by atoms with E-state index in [2.05, 4.69) is 61.6 Å². The molecule has 41 heavy (non-hydrogen) atoms. The molecule has 0 radical (unpaired) electrons. The highest BCUT2D eigenvalue weighted by atomic mass is 32.4. The van der Waals surface area contributed by atoms with Gasteiger partial charge in [0.1, 0.15) is 34.0 Å². The maximum Gasteiger partial charge on any atom is 0.248 e. The summed E-state index contributed by atoms with van der Waals surface area (Å²) >= 11 is 0. The van der Waals surface area contributed by atoms with E-state index in [1.54, 1.807) is 49.1 Å². The van der Waals surface area contributed by atoms with Crippen molar-refractivity contribution in [1.82, 2.24) is 71.6 Å². The lowest BCUT2D eigenvalue weighted by atomic mass is 10.2. The van der Waals surface area contributed by atoms with Crippen LogP contribution in [0.3, 0.4) is 0 Å². The van der Waals surface area contributed by atoms with Gasteiger partial charge in [-0.05, 0) is 37.8 Å². The van der Waals surface area contributed by atoms with Crippen LogP contribution in [0.5, 0.6) is 0 Å². The zero-order chi connectivity index (χ0) is 27.4. The number of aromatic nitrogens is 14. The molecular weight excluding hydrogens is 550 g/mol. The number of oxazole rings is 1. The number of hydrogen-bond acceptors (Lipinski definition) is 13. The Morgan fingerprint density at radius 3 is 2.39 bits per heavy atom. The minimum Gasteiger partial charge on any atom is -0.441 e. The molecule has 8 rings (SSSR count). The van der Waals surface area contributed by atoms with Gasteiger partial charge in [0.2, 0.25) is 11.0 Å². The SMILES string of the molecule is c1ccc(S2(c3ccon3)(c3ccn[nH]3)(c3ncco3)C(c3nn[nH]n3)=NC(c3ccn[nH]3)=C2c2cn[nH]n2)nc1. The van der Waals surface area contributed by atoms with Crippen molar-refractivity contribution in [3.8, 4) is 0 Å². The highest BCUT2D eigenvalue weighted by Gasteiger charge is 2.84. The molecule has 8 heterocycles. The largest absolute Gasteiger partial charge is 0.441 e. The summed E-state index contributed by atoms with van der Waals surface area (Å²) in [6.07, 6.45) is 10.9. The first-order chi connectivity index (χ1) is 20.3. The molecule has 0 amide bonds. The Balaban J connectivity index is 1.83. The summed E-state index contributed by atoms with van der Waals surface area (Å²) in [5.74, 6) is 0.114. The monoisotopic (exact) mass is 567 g/mol. The maximum atomic E-state index is 6.44. The molecule has 0 aliphatic carbocycles. The van der Waals surface area contributed by atoms with E-state index in [0.29, 0.717) is 37.1 Å². The molecule has 0 aromatic carbocycles. The molecule has 1 aliphatic heterocycles. The highest BCUT2D eigenvalue weighted by molar-refractivity contribution is 8.80. The zero-order valence-corrected chi connectivity index (χ0v) is 21.5. The van der Waals surface area contributed by atoms with Crippen molar-refractivity contribution in [2.45, 2.75) is 20.3 Å². The van der Waals surface area contributed by atoms with Crippen molar-refractivity contribution in [2.75, 3.05) is 0 Å². The smallest absolute Gasteiger partial charge is 0.248 e. The first kappa shape index (κ1) is 22.9. The normalized spacial score (nSPS) is 18.8. The first-order valence-electron chi connectivity index (χ1n) is 12.0. The zero-order valence-electron chi connectivity index (χ0n) is 20.6. The molecule has 0 spiro atoms. The second kappa shape index (κ2) is 7.76. The third-order valence-electron chi connectivity index (χ3n) is 7.33. The fourth-order valence-corrected chi connectivity index (χ4v) is 13.7. The van der Waals surface area contributed by atoms with E-state index in [1.807, 2.05) is 12.1 Å². The molecule has 0 atom stereocenters. The van der Waals surface area contributed by atoms with Gasteiger partial charge in [-0.15, -0.1) is 10.2 Å². The maximum absolute atomic E-state index is 6.44. The van der Waals surface area contributed by atoms with E-state index in [0.717, 1.165) is 0 Å². The lowest BCUT2D eigenvalue weighted by Crippen LogP contribution is -2.46. The fourth-order valence-electron chi connectivity index (χ4n) is 5.90. The number of tetrazole rings is 1. The minimum absolute atomic E-state index is 0.114. The standard InChI is InChI=1S/C23H17N15O2S/c1-2-7-24-16(3-1)41(17-5-9-27-32-17,18-6-11-40-35-18,23-25-10-12-39-23)20(15-13-28-36-31-15)19(14-4-8-26-30-14)29-22(41)21-33-37-38-34-21/h1-13H,(H,26,30)(H,27,32)(H,28,31,36)(H,33,34,37,38). The van der Waals surface area contributed by atoms with Crippen LogP contribution in [0.4, 0.5) is 0 Å². The van der Waals surface area contributed by atoms with Gasteiger partial charge in [-0.25, -0.2) is 9.98 Å². The van der Waals surface area contributed by atoms with Crippen molar-refractivity contribution in [2.24, 2.45) is 4.99 Å². The van der Waals surface area contributed by atoms with Gasteiger partial charge in [0.25, 0.3) is 0 Å². The Kier molecular flexibility index (Phi) is 4.33. The number of hydrogen-bond donors (Lipinski definition) is 4. The van der Waals surface area contributed by atoms with Gasteiger partial charge in [-0.2, -0.15) is 30.8 Å². The van der Waals surface area contributed by atoms with Crippen LogP contribution in [-0.2, 0) is 0 Å². The second-order valence-electron chi connectivity index (χ2n) is 8.91. The second-order valence-corrected chi connectivity index (χ2v) is 14.4. The van der Waals surface area contributed by atoms with Gasteiger partial charge in [-0.1, -0.05) is 11.2 Å². The summed E-state index contributed by atoms with van der Waals surface area (Å²) in [6, 6.07) is 10.8. The predicted octanol–water partition coefficient (Wildman–Crippen LogP) is 2.53. The van der Waals surface area contributed by atoms with Crippen LogP contribution in [0.2, 0.25) is 0 Å². The fraction of sp³-hybridized carbons (Fsp3) is 0. The molecule has 0 saturated heterocycles. The van der Waals surface area contributed by atoms with E-state index in [9.17, 15) is 0 Å². The van der Waals surface area contributed by atoms with Gasteiger partial charge < -0.3 is 8.94 Å². The van der Waals surface area contributed by atoms with Crippen molar-refractivity contribution in [3.05, 3.63) is 97.1 Å². The van der Waals surface area contributed by atoms with Crippen molar-refractivity contribution < 1.29 is 8.94 Å². The Hall–Kier alpha value is -6.04. The molecule has 18 heteroatoms. The summed E-state index contributed by atoms with van der Waals surface area (Å²) in [6.45, 7) is 0. The van der Waals surface area contributed by atoms with Crippen LogP contribution in [0.25, 0.3) is 10.6 Å². The summed E-state index contributed by atoms with van der Waals surface area (Å²) in [4.78, 5) is 15.6. The minimum atomic E-state index is -5.46. The van der Waals surface area contributed by atoms with Gasteiger partial charge >= 0.3 is 0 Å². The van der Waals surface area contributed by atoms with E-state index < -0.39 is 8.29 Å². The van der Waals surface area contributed by atoms with Crippen LogP contribution >= 0.6 is 8.29 Å². The summed E-state index contributed by atoms with van der Waals surface area (Å²) < 4.78 is 12.1. The molecule has 0 saturated carbocycles. The Morgan fingerprint density at radius 1 is 0.780 bits per heavy atom. The molecule has 1 aliphatic rings. The highest BCUT2D eigenvalue weighted by Crippen LogP contribution is 3.12. The van der Waals surface area contributed by atoms with Crippen LogP contribution in [0.15, 0.2) is 114 Å². The Bertz CT molecular complexity index is 1920. The van der Waals surface area contributed by atoms with E-state index in [4.69, 9.17) is 23.9 Å². The van der Waals surface area contributed by atoms with Crippen LogP contribution in [0, 0.1) is 0 Å². The molecule has 0 fully saturated rings. The van der Waals surface area contributed by atoms with E-state index in [1.165, 1.54) is 18.7 Å². The molecule has 7 aromatic rings. The molecule has 0 unspecified atom stereocenters. The van der Waals surface area contributed by atoms with Crippen molar-refractivity contribution in [1.29, 1.82) is 0 Å². The van der Waals surface area contributed by atoms with Crippen LogP contribution < -0.4 is 0 Å². The van der Waals surface area contributed by atoms with Crippen LogP contribution in [0.1, 0.15) is 17.2 Å². The molecule has 202 valence electrons. The number of aromatic amines is 4. The van der Waals surface area contributed by atoms with Gasteiger partial charge in [-0.3, -0.25) is 15.2 Å². The molecular formula is C23H17N15O2S. The molecule has 0 bridgehead atoms. The Labute approximate surface area is 226 Å². The topological polar surface area (TPSA) is 231 Å². The van der Waals surface area contributed by atoms with Gasteiger partial charge in [0.15, 0.2) is 0 Å². The number of rotatable bonds is 7. The number of aliphatic imine (C=N–C) groups is 1. The van der Waals surface area contributed by atoms with Crippen molar-refractivity contribution >= 4 is 23.9 Å². The third-order valence-corrected chi connectivity index (χ3v) is 14.9. The number of nitrogens with one attached hydrogen (secondary N) is 4. The van der Waals surface area contributed by atoms with Crippen LogP contribution in [-0.4, -0.2) is 76.6 Å². The Morgan fingerprint density at radius 2 is 1.73 bits per heavy atom. The number of H-pyrrole nitrogens is 4. The number of pyridine rings is 1. The van der Waals surface area contributed by atoms with Gasteiger partial charge in [0, 0.05) is 24.7 Å². The van der Waals surface area contributed by atoms with Crippen molar-refractivity contribution in [3.63, 3.8) is 0 Å². The summed E-state index contributed by atoms with van der Waals surface area (Å²) in [5, 5.41) is 47.9. The summed E-state index contributed by atoms with van der Waals surface area (Å²) in [7, 11) is -5.46.